The van der Waals surface area contributed by atoms with Crippen LogP contribution >= 0.6 is 0 Å². The first kappa shape index (κ1) is 14.3. The second-order valence-electron chi connectivity index (χ2n) is 4.34. The zero-order chi connectivity index (χ0) is 14.4. The predicted octanol–water partition coefficient (Wildman–Crippen LogP) is 2.84. The Balaban J connectivity index is 2.08. The number of halogens is 1. The summed E-state index contributed by atoms with van der Waals surface area (Å²) in [5, 5.41) is 3.08. The zero-order valence-electron chi connectivity index (χ0n) is 11.4. The van der Waals surface area contributed by atoms with Gasteiger partial charge >= 0.3 is 0 Å². The fraction of sp³-hybridized carbons (Fsp3) is 0.357. The normalized spacial score (nSPS) is 11.8. The van der Waals surface area contributed by atoms with Gasteiger partial charge in [0.25, 0.3) is 6.01 Å². The molecule has 3 N–H and O–H groups in total. The molecule has 1 aromatic heterocycles. The van der Waals surface area contributed by atoms with Crippen molar-refractivity contribution in [3.05, 3.63) is 30.1 Å². The second kappa shape index (κ2) is 6.91. The van der Waals surface area contributed by atoms with E-state index in [4.69, 9.17) is 14.9 Å². The summed E-state index contributed by atoms with van der Waals surface area (Å²) in [6, 6.07) is 5.78. The van der Waals surface area contributed by atoms with Crippen molar-refractivity contribution in [3.8, 4) is 5.75 Å². The Hall–Kier alpha value is -2.08. The van der Waals surface area contributed by atoms with E-state index in [9.17, 15) is 4.39 Å². The molecule has 2 aromatic rings. The number of nitrogens with one attached hydrogen (secondary N) is 1. The molecule has 1 heterocycles. The molecule has 0 atom stereocenters. The Kier molecular flexibility index (Phi) is 4.95. The number of anilines is 1. The summed E-state index contributed by atoms with van der Waals surface area (Å²) in [7, 11) is 0. The fourth-order valence-corrected chi connectivity index (χ4v) is 1.61. The highest BCUT2D eigenvalue weighted by Crippen LogP contribution is 2.24. The third kappa shape index (κ3) is 3.48. The number of nitrogens with zero attached hydrogens (tertiary/aromatic N) is 1. The predicted molar refractivity (Wildman–Crippen MR) is 76.5 cm³/mol. The number of hydrogen-bond acceptors (Lipinski definition) is 5. The van der Waals surface area contributed by atoms with E-state index in [-0.39, 0.29) is 13.2 Å². The lowest BCUT2D eigenvalue weighted by atomic mass is 10.3. The quantitative estimate of drug-likeness (QED) is 0.815. The van der Waals surface area contributed by atoms with E-state index in [0.29, 0.717) is 29.3 Å². The molecule has 0 saturated heterocycles. The molecular weight excluding hydrogens is 261 g/mol. The van der Waals surface area contributed by atoms with Crippen LogP contribution in [0.5, 0.6) is 5.75 Å². The van der Waals surface area contributed by atoms with E-state index in [1.165, 1.54) is 0 Å². The van der Waals surface area contributed by atoms with Crippen LogP contribution in [-0.2, 0) is 0 Å². The van der Waals surface area contributed by atoms with Crippen molar-refractivity contribution in [2.24, 2.45) is 5.73 Å². The first-order valence-corrected chi connectivity index (χ1v) is 6.52. The van der Waals surface area contributed by atoms with Gasteiger partial charge in [-0.15, -0.1) is 0 Å². The number of fused-ring (bicyclic) bond motifs is 1. The third-order valence-corrected chi connectivity index (χ3v) is 2.73. The van der Waals surface area contributed by atoms with Crippen LogP contribution in [-0.4, -0.2) is 24.7 Å². The fourth-order valence-electron chi connectivity index (χ4n) is 1.61. The zero-order valence-corrected chi connectivity index (χ0v) is 11.4. The summed E-state index contributed by atoms with van der Waals surface area (Å²) in [5.41, 5.74) is 7.13. The number of benzene rings is 1. The average Bonchev–Trinajstić information content (AvgIpc) is 2.88. The second-order valence-corrected chi connectivity index (χ2v) is 4.34. The van der Waals surface area contributed by atoms with Gasteiger partial charge in [-0.2, -0.15) is 4.98 Å². The molecule has 0 aliphatic rings. The van der Waals surface area contributed by atoms with Gasteiger partial charge in [-0.3, -0.25) is 0 Å². The molecule has 6 heteroatoms. The number of rotatable bonds is 7. The van der Waals surface area contributed by atoms with Crippen LogP contribution in [0.3, 0.4) is 0 Å². The van der Waals surface area contributed by atoms with Crippen LogP contribution in [0, 0.1) is 0 Å². The molecule has 108 valence electrons. The lowest BCUT2D eigenvalue weighted by molar-refractivity contribution is 0.347. The van der Waals surface area contributed by atoms with Gasteiger partial charge in [0.2, 0.25) is 0 Å². The van der Waals surface area contributed by atoms with E-state index in [2.05, 4.69) is 17.2 Å². The smallest absolute Gasteiger partial charge is 0.295 e. The topological polar surface area (TPSA) is 73.3 Å². The molecule has 5 nitrogen and oxygen atoms in total. The highest BCUT2D eigenvalue weighted by Gasteiger charge is 2.07. The maximum atomic E-state index is 12.4. The maximum absolute atomic E-state index is 12.4. The molecule has 0 amide bonds. The molecule has 0 aliphatic carbocycles. The van der Waals surface area contributed by atoms with Crippen molar-refractivity contribution in [1.29, 1.82) is 0 Å². The summed E-state index contributed by atoms with van der Waals surface area (Å²) >= 11 is 0. The number of nitrogens with two attached hydrogens (primary N) is 1. The van der Waals surface area contributed by atoms with Crippen LogP contribution < -0.4 is 15.8 Å². The summed E-state index contributed by atoms with van der Waals surface area (Å²) in [6.45, 7) is 3.12. The summed E-state index contributed by atoms with van der Waals surface area (Å²) in [4.78, 5) is 4.29. The third-order valence-electron chi connectivity index (χ3n) is 2.73. The minimum absolute atomic E-state index is 0.119. The Bertz CT molecular complexity index is 595. The van der Waals surface area contributed by atoms with Crippen molar-refractivity contribution in [1.82, 2.24) is 4.98 Å². The summed E-state index contributed by atoms with van der Waals surface area (Å²) in [5.74, 6) is 0.587. The molecule has 0 aliphatic heterocycles. The van der Waals surface area contributed by atoms with Crippen LogP contribution in [0.1, 0.15) is 13.3 Å². The van der Waals surface area contributed by atoms with Gasteiger partial charge in [-0.25, -0.2) is 4.39 Å². The molecule has 1 aromatic carbocycles. The molecule has 2 rings (SSSR count). The first-order valence-electron chi connectivity index (χ1n) is 6.52. The van der Waals surface area contributed by atoms with Crippen molar-refractivity contribution in [2.75, 3.05) is 25.0 Å². The highest BCUT2D eigenvalue weighted by molar-refractivity contribution is 5.76. The number of aromatic nitrogens is 1. The van der Waals surface area contributed by atoms with E-state index < -0.39 is 0 Å². The van der Waals surface area contributed by atoms with E-state index in [1.807, 2.05) is 0 Å². The lowest BCUT2D eigenvalue weighted by Crippen LogP contribution is -2.10. The number of ether oxygens (including phenoxy) is 1. The van der Waals surface area contributed by atoms with Crippen molar-refractivity contribution < 1.29 is 13.5 Å². The SMILES string of the molecule is CCCNc1nc2ccc(OCC(=CF)CN)cc2o1. The van der Waals surface area contributed by atoms with Crippen LogP contribution in [0.4, 0.5) is 10.4 Å². The molecule has 0 spiro atoms. The van der Waals surface area contributed by atoms with Gasteiger partial charge in [0.1, 0.15) is 17.9 Å². The van der Waals surface area contributed by atoms with E-state index >= 15 is 0 Å². The van der Waals surface area contributed by atoms with Crippen molar-refractivity contribution in [2.45, 2.75) is 13.3 Å². The summed E-state index contributed by atoms with van der Waals surface area (Å²) < 4.78 is 23.4. The Morgan fingerprint density at radius 1 is 1.55 bits per heavy atom. The van der Waals surface area contributed by atoms with Gasteiger partial charge < -0.3 is 20.2 Å². The Labute approximate surface area is 116 Å². The molecule has 0 fully saturated rings. The van der Waals surface area contributed by atoms with Gasteiger partial charge in [-0.1, -0.05) is 6.92 Å². The standard InChI is InChI=1S/C14H18FN3O2/c1-2-5-17-14-18-12-4-3-11(6-13(12)20-14)19-9-10(7-15)8-16/h3-4,6-7H,2,5,8-9,16H2,1H3,(H,17,18). The summed E-state index contributed by atoms with van der Waals surface area (Å²) in [6.07, 6.45) is 1.46. The molecule has 0 saturated carbocycles. The van der Waals surface area contributed by atoms with Gasteiger partial charge in [0.05, 0.1) is 6.33 Å². The largest absolute Gasteiger partial charge is 0.489 e. The lowest BCUT2D eigenvalue weighted by Gasteiger charge is -2.06. The Morgan fingerprint density at radius 3 is 3.10 bits per heavy atom. The minimum Gasteiger partial charge on any atom is -0.489 e. The van der Waals surface area contributed by atoms with Crippen LogP contribution in [0.25, 0.3) is 11.1 Å². The van der Waals surface area contributed by atoms with E-state index in [1.54, 1.807) is 18.2 Å². The first-order chi connectivity index (χ1) is 9.76. The van der Waals surface area contributed by atoms with Crippen LogP contribution in [0.15, 0.2) is 34.5 Å². The van der Waals surface area contributed by atoms with Crippen molar-refractivity contribution in [3.63, 3.8) is 0 Å². The Morgan fingerprint density at radius 2 is 2.40 bits per heavy atom. The molecule has 0 radical (unpaired) electrons. The molecular formula is C14H18FN3O2. The minimum atomic E-state index is 0.119. The molecule has 0 bridgehead atoms. The molecule has 0 unspecified atom stereocenters. The number of hydrogen-bond donors (Lipinski definition) is 2. The van der Waals surface area contributed by atoms with Crippen molar-refractivity contribution >= 4 is 17.1 Å². The number of oxazole rings is 1. The molecule has 20 heavy (non-hydrogen) atoms. The van der Waals surface area contributed by atoms with Gasteiger partial charge in [0, 0.05) is 24.7 Å². The van der Waals surface area contributed by atoms with Gasteiger partial charge in [-0.05, 0) is 18.6 Å². The monoisotopic (exact) mass is 279 g/mol. The highest BCUT2D eigenvalue weighted by atomic mass is 19.1. The maximum Gasteiger partial charge on any atom is 0.295 e. The van der Waals surface area contributed by atoms with E-state index in [0.717, 1.165) is 18.5 Å². The van der Waals surface area contributed by atoms with Crippen LogP contribution in [0.2, 0.25) is 0 Å². The van der Waals surface area contributed by atoms with Gasteiger partial charge in [0.15, 0.2) is 5.58 Å². The average molecular weight is 279 g/mol.